The van der Waals surface area contributed by atoms with Crippen LogP contribution < -0.4 is 10.2 Å². The number of piperidine rings is 1. The molecule has 3 heteroatoms. The SMILES string of the molecule is c1ccc2cc(CN(c3ccc4c(c3)CCS4)C3CCNCC3)ccc2c1. The Morgan fingerprint density at radius 3 is 2.67 bits per heavy atom. The first kappa shape index (κ1) is 17.2. The lowest BCUT2D eigenvalue weighted by Crippen LogP contribution is -2.43. The van der Waals surface area contributed by atoms with Gasteiger partial charge in [-0.2, -0.15) is 0 Å². The molecule has 27 heavy (non-hydrogen) atoms. The van der Waals surface area contributed by atoms with E-state index in [0.29, 0.717) is 6.04 Å². The monoisotopic (exact) mass is 374 g/mol. The van der Waals surface area contributed by atoms with Crippen molar-refractivity contribution >= 4 is 28.2 Å². The zero-order valence-electron chi connectivity index (χ0n) is 15.7. The number of aryl methyl sites for hydroxylation is 1. The number of hydrogen-bond acceptors (Lipinski definition) is 3. The summed E-state index contributed by atoms with van der Waals surface area (Å²) in [7, 11) is 0. The summed E-state index contributed by atoms with van der Waals surface area (Å²) >= 11 is 2.00. The molecule has 5 rings (SSSR count). The van der Waals surface area contributed by atoms with Crippen LogP contribution in [-0.2, 0) is 13.0 Å². The highest BCUT2D eigenvalue weighted by atomic mass is 32.2. The molecule has 1 fully saturated rings. The molecule has 3 aromatic rings. The summed E-state index contributed by atoms with van der Waals surface area (Å²) in [6, 6.07) is 23.4. The number of hydrogen-bond donors (Lipinski definition) is 1. The summed E-state index contributed by atoms with van der Waals surface area (Å²) in [5.74, 6) is 1.23. The number of nitrogens with zero attached hydrogens (tertiary/aromatic N) is 1. The van der Waals surface area contributed by atoms with Crippen LogP contribution in [0.15, 0.2) is 65.6 Å². The topological polar surface area (TPSA) is 15.3 Å². The molecule has 1 N–H and O–H groups in total. The molecule has 0 saturated carbocycles. The van der Waals surface area contributed by atoms with E-state index in [1.165, 1.54) is 57.5 Å². The Labute approximate surface area is 166 Å². The maximum Gasteiger partial charge on any atom is 0.0432 e. The number of thioether (sulfide) groups is 1. The van der Waals surface area contributed by atoms with Crippen molar-refractivity contribution in [1.82, 2.24) is 5.32 Å². The Bertz CT molecular complexity index is 946. The summed E-state index contributed by atoms with van der Waals surface area (Å²) in [5.41, 5.74) is 4.34. The van der Waals surface area contributed by atoms with Crippen LogP contribution in [0.5, 0.6) is 0 Å². The first-order chi connectivity index (χ1) is 13.4. The molecule has 3 aromatic carbocycles. The van der Waals surface area contributed by atoms with E-state index in [1.807, 2.05) is 11.8 Å². The smallest absolute Gasteiger partial charge is 0.0432 e. The van der Waals surface area contributed by atoms with Gasteiger partial charge >= 0.3 is 0 Å². The van der Waals surface area contributed by atoms with E-state index in [-0.39, 0.29) is 0 Å². The highest BCUT2D eigenvalue weighted by Gasteiger charge is 2.23. The Balaban J connectivity index is 1.48. The van der Waals surface area contributed by atoms with E-state index >= 15 is 0 Å². The Morgan fingerprint density at radius 1 is 0.926 bits per heavy atom. The number of benzene rings is 3. The van der Waals surface area contributed by atoms with Crippen molar-refractivity contribution in [2.24, 2.45) is 0 Å². The molecule has 0 radical (unpaired) electrons. The van der Waals surface area contributed by atoms with Crippen LogP contribution in [0.3, 0.4) is 0 Å². The lowest BCUT2D eigenvalue weighted by molar-refractivity contribution is 0.428. The minimum absolute atomic E-state index is 0.616. The van der Waals surface area contributed by atoms with Gasteiger partial charge in [-0.1, -0.05) is 36.4 Å². The Morgan fingerprint density at radius 2 is 1.78 bits per heavy atom. The molecule has 0 aliphatic carbocycles. The van der Waals surface area contributed by atoms with Gasteiger partial charge in [0, 0.05) is 28.9 Å². The van der Waals surface area contributed by atoms with Gasteiger partial charge in [-0.3, -0.25) is 0 Å². The van der Waals surface area contributed by atoms with Gasteiger partial charge in [-0.25, -0.2) is 0 Å². The predicted octanol–water partition coefficient (Wildman–Crippen LogP) is 5.25. The van der Waals surface area contributed by atoms with Crippen LogP contribution in [0, 0.1) is 0 Å². The van der Waals surface area contributed by atoms with Crippen molar-refractivity contribution in [3.63, 3.8) is 0 Å². The summed E-state index contributed by atoms with van der Waals surface area (Å²) < 4.78 is 0. The molecule has 2 aliphatic heterocycles. The normalized spacial score (nSPS) is 17.2. The van der Waals surface area contributed by atoms with Gasteiger partial charge in [-0.15, -0.1) is 11.8 Å². The fourth-order valence-electron chi connectivity index (χ4n) is 4.44. The van der Waals surface area contributed by atoms with Gasteiger partial charge in [0.25, 0.3) is 0 Å². The molecule has 0 aromatic heterocycles. The molecule has 2 aliphatic rings. The van der Waals surface area contributed by atoms with Crippen molar-refractivity contribution in [3.05, 3.63) is 71.8 Å². The maximum atomic E-state index is 3.52. The van der Waals surface area contributed by atoms with Gasteiger partial charge in [0.1, 0.15) is 0 Å². The average molecular weight is 375 g/mol. The van der Waals surface area contributed by atoms with E-state index in [9.17, 15) is 0 Å². The summed E-state index contributed by atoms with van der Waals surface area (Å²) in [4.78, 5) is 4.14. The van der Waals surface area contributed by atoms with Crippen molar-refractivity contribution in [1.29, 1.82) is 0 Å². The van der Waals surface area contributed by atoms with Gasteiger partial charge in [-0.05, 0) is 78.5 Å². The number of rotatable bonds is 4. The predicted molar refractivity (Wildman–Crippen MR) is 117 cm³/mol. The second kappa shape index (κ2) is 7.57. The van der Waals surface area contributed by atoms with Crippen LogP contribution in [-0.4, -0.2) is 24.9 Å². The fourth-order valence-corrected chi connectivity index (χ4v) is 5.49. The number of nitrogens with one attached hydrogen (secondary N) is 1. The second-order valence-electron chi connectivity index (χ2n) is 7.68. The largest absolute Gasteiger partial charge is 0.364 e. The van der Waals surface area contributed by atoms with E-state index in [0.717, 1.165) is 19.6 Å². The van der Waals surface area contributed by atoms with E-state index in [1.54, 1.807) is 0 Å². The highest BCUT2D eigenvalue weighted by Crippen LogP contribution is 2.35. The first-order valence-corrected chi connectivity index (χ1v) is 11.1. The molecular weight excluding hydrogens is 348 g/mol. The van der Waals surface area contributed by atoms with Crippen LogP contribution in [0.4, 0.5) is 5.69 Å². The molecule has 0 bridgehead atoms. The first-order valence-electron chi connectivity index (χ1n) is 10.1. The van der Waals surface area contributed by atoms with Crippen molar-refractivity contribution in [2.45, 2.75) is 36.7 Å². The van der Waals surface area contributed by atoms with Crippen molar-refractivity contribution in [2.75, 3.05) is 23.7 Å². The molecular formula is C24H26N2S. The van der Waals surface area contributed by atoms with Crippen LogP contribution in [0.2, 0.25) is 0 Å². The molecule has 0 atom stereocenters. The lowest BCUT2D eigenvalue weighted by Gasteiger charge is -2.37. The van der Waals surface area contributed by atoms with Crippen LogP contribution >= 0.6 is 11.8 Å². The van der Waals surface area contributed by atoms with E-state index in [2.05, 4.69) is 70.9 Å². The van der Waals surface area contributed by atoms with Crippen molar-refractivity contribution < 1.29 is 0 Å². The minimum Gasteiger partial charge on any atom is -0.364 e. The zero-order chi connectivity index (χ0) is 18.1. The Hall–Kier alpha value is -1.97. The third kappa shape index (κ3) is 3.59. The molecule has 0 amide bonds. The van der Waals surface area contributed by atoms with Gasteiger partial charge in [0.2, 0.25) is 0 Å². The summed E-state index contributed by atoms with van der Waals surface area (Å²) in [6.07, 6.45) is 3.66. The number of anilines is 1. The number of fused-ring (bicyclic) bond motifs is 2. The average Bonchev–Trinajstić information content (AvgIpc) is 3.20. The second-order valence-corrected chi connectivity index (χ2v) is 8.82. The van der Waals surface area contributed by atoms with Gasteiger partial charge in [0.15, 0.2) is 0 Å². The zero-order valence-corrected chi connectivity index (χ0v) is 16.5. The summed E-state index contributed by atoms with van der Waals surface area (Å²) in [6.45, 7) is 3.24. The fraction of sp³-hybridized carbons (Fsp3) is 0.333. The van der Waals surface area contributed by atoms with E-state index < -0.39 is 0 Å². The van der Waals surface area contributed by atoms with Gasteiger partial charge < -0.3 is 10.2 Å². The molecule has 0 spiro atoms. The third-order valence-electron chi connectivity index (χ3n) is 5.92. The molecule has 0 unspecified atom stereocenters. The summed E-state index contributed by atoms with van der Waals surface area (Å²) in [5, 5.41) is 6.18. The minimum atomic E-state index is 0.616. The highest BCUT2D eigenvalue weighted by molar-refractivity contribution is 7.99. The molecule has 2 nitrogen and oxygen atoms in total. The van der Waals surface area contributed by atoms with Gasteiger partial charge in [0.05, 0.1) is 0 Å². The van der Waals surface area contributed by atoms with Crippen LogP contribution in [0.25, 0.3) is 10.8 Å². The molecule has 1 saturated heterocycles. The van der Waals surface area contributed by atoms with Crippen molar-refractivity contribution in [3.8, 4) is 0 Å². The quantitative estimate of drug-likeness (QED) is 0.672. The Kier molecular flexibility index (Phi) is 4.81. The third-order valence-corrected chi connectivity index (χ3v) is 7.04. The maximum absolute atomic E-state index is 3.52. The van der Waals surface area contributed by atoms with Crippen LogP contribution in [0.1, 0.15) is 24.0 Å². The standard InChI is InChI=1S/C24H26N2S/c1-2-4-20-15-18(5-6-19(20)3-1)17-26(22-9-12-25-13-10-22)23-7-8-24-21(16-23)11-14-27-24/h1-8,15-16,22,25H,9-14,17H2. The molecule has 2 heterocycles. The van der Waals surface area contributed by atoms with E-state index in [4.69, 9.17) is 0 Å². The lowest BCUT2D eigenvalue weighted by atomic mass is 10.0. The molecule has 138 valence electrons.